The van der Waals surface area contributed by atoms with Crippen molar-refractivity contribution in [3.8, 4) is 0 Å². The predicted molar refractivity (Wildman–Crippen MR) is 218 cm³/mol. The first-order chi connectivity index (χ1) is 29.7. The smallest absolute Gasteiger partial charge is 0.187 e. The molecule has 0 amide bonds. The zero-order valence-electron chi connectivity index (χ0n) is 37.0. The predicted octanol–water partition coefficient (Wildman–Crippen LogP) is -0.781. The first kappa shape index (κ1) is 49.3. The molecule has 0 aromatic heterocycles. The molecule has 0 radical (unpaired) electrons. The Morgan fingerprint density at radius 1 is 0.762 bits per heavy atom. The molecule has 4 aliphatic carbocycles. The van der Waals surface area contributed by atoms with Gasteiger partial charge in [0, 0.05) is 24.7 Å². The number of carbonyl (C=O) groups excluding carboxylic acids is 2. The molecule has 0 spiro atoms. The van der Waals surface area contributed by atoms with E-state index in [9.17, 15) is 60.7 Å². The van der Waals surface area contributed by atoms with Crippen molar-refractivity contribution in [3.05, 3.63) is 11.6 Å². The third kappa shape index (κ3) is 9.24. The number of aliphatic hydroxyl groups excluding tert-OH is 10. The molecule has 3 aliphatic heterocycles. The van der Waals surface area contributed by atoms with Crippen molar-refractivity contribution < 1.29 is 89.1 Å². The summed E-state index contributed by atoms with van der Waals surface area (Å²) < 4.78 is 35.1. The van der Waals surface area contributed by atoms with Gasteiger partial charge in [0.25, 0.3) is 0 Å². The largest absolute Gasteiger partial charge is 0.394 e. The van der Waals surface area contributed by atoms with Crippen LogP contribution in [-0.4, -0.2) is 181 Å². The first-order valence-corrected chi connectivity index (χ1v) is 23.1. The van der Waals surface area contributed by atoms with Crippen LogP contribution >= 0.6 is 0 Å². The standard InChI is InChI=1S/C45H72O18/c1-19(18-58-41-38(56)36(54)33(51)29(16-46)61-41)6-9-27(48)20(2)31-28(49)15-26-24-8-7-22-14-23(10-12-44(22,4)25(24)11-13-45(26,31)5)60-43-40(37(55)34(52)30(17-47)62-43)63-42-39(57)35(53)32(50)21(3)59-42/h7,19-21,23-26,29-43,46-47,50-57H,6,8-18H2,1-5H3/t19-,20-,21?,23?,24-,25+,26+,29?,30?,31+,32+,33-,34-,35?,36?,37?,38+,39+,40+,41-,42+,43-,44+,45+/m1/s1. The number of ether oxygens (including phenoxy) is 6. The van der Waals surface area contributed by atoms with E-state index in [0.717, 1.165) is 25.7 Å². The zero-order valence-corrected chi connectivity index (χ0v) is 37.0. The van der Waals surface area contributed by atoms with Crippen LogP contribution in [0.3, 0.4) is 0 Å². The summed E-state index contributed by atoms with van der Waals surface area (Å²) in [7, 11) is 0. The van der Waals surface area contributed by atoms with E-state index in [0.29, 0.717) is 31.6 Å². The molecule has 24 atom stereocenters. The van der Waals surface area contributed by atoms with E-state index in [1.165, 1.54) is 12.5 Å². The minimum atomic E-state index is -1.67. The van der Waals surface area contributed by atoms with Crippen molar-refractivity contribution >= 4 is 11.6 Å². The SMILES string of the molecule is CC1O[C@@H](O[C@H]2C(O)[C@H](O)C(CO)O[C@H]2OC2CC[C@@]3(C)C(=CC[C@H]4[C@@H]5CC(=O)[C@H]([C@H](C)C(=O)CC[C@@H](C)CO[C@@H]6OC(CO)[C@@H](O)C(O)[C@@H]6O)[C@@]5(C)CC[C@@H]43)C2)[C@@H](O)C(O)[C@H]1O. The number of fused-ring (bicyclic) bond motifs is 5. The second kappa shape index (κ2) is 19.6. The summed E-state index contributed by atoms with van der Waals surface area (Å²) >= 11 is 0. The van der Waals surface area contributed by atoms with Gasteiger partial charge in [-0.25, -0.2) is 0 Å². The molecule has 10 N–H and O–H groups in total. The molecule has 3 saturated carbocycles. The van der Waals surface area contributed by atoms with Gasteiger partial charge in [-0.3, -0.25) is 9.59 Å². The van der Waals surface area contributed by atoms with Gasteiger partial charge in [-0.15, -0.1) is 0 Å². The highest BCUT2D eigenvalue weighted by atomic mass is 16.8. The number of ketones is 2. The summed E-state index contributed by atoms with van der Waals surface area (Å²) in [6, 6.07) is 0. The fourth-order valence-electron chi connectivity index (χ4n) is 12.6. The van der Waals surface area contributed by atoms with Crippen LogP contribution in [0, 0.1) is 46.3 Å². The number of allylic oxidation sites excluding steroid dienone is 1. The zero-order chi connectivity index (χ0) is 45.9. The second-order valence-corrected chi connectivity index (χ2v) is 20.4. The highest BCUT2D eigenvalue weighted by Gasteiger charge is 2.63. The minimum absolute atomic E-state index is 0.0171. The van der Waals surface area contributed by atoms with E-state index in [1.807, 2.05) is 13.8 Å². The third-order valence-corrected chi connectivity index (χ3v) is 16.5. The Kier molecular flexibility index (Phi) is 15.3. The normalized spacial score (nSPS) is 49.9. The number of hydrogen-bond acceptors (Lipinski definition) is 18. The Labute approximate surface area is 368 Å². The Morgan fingerprint density at radius 3 is 2.08 bits per heavy atom. The van der Waals surface area contributed by atoms with Crippen molar-refractivity contribution in [2.45, 2.75) is 191 Å². The lowest BCUT2D eigenvalue weighted by molar-refractivity contribution is -0.369. The molecule has 18 nitrogen and oxygen atoms in total. The monoisotopic (exact) mass is 900 g/mol. The van der Waals surface area contributed by atoms with Crippen molar-refractivity contribution in [1.82, 2.24) is 0 Å². The van der Waals surface area contributed by atoms with E-state index in [4.69, 9.17) is 28.4 Å². The molecule has 0 aromatic carbocycles. The van der Waals surface area contributed by atoms with Gasteiger partial charge in [0.05, 0.1) is 32.0 Å². The molecular weight excluding hydrogens is 828 g/mol. The van der Waals surface area contributed by atoms with Crippen molar-refractivity contribution in [2.24, 2.45) is 46.3 Å². The molecule has 7 aliphatic rings. The minimum Gasteiger partial charge on any atom is -0.394 e. The van der Waals surface area contributed by atoms with Gasteiger partial charge in [0.2, 0.25) is 0 Å². The van der Waals surface area contributed by atoms with Gasteiger partial charge in [-0.2, -0.15) is 0 Å². The van der Waals surface area contributed by atoms with Gasteiger partial charge in [-0.1, -0.05) is 39.3 Å². The van der Waals surface area contributed by atoms with Crippen LogP contribution in [0.5, 0.6) is 0 Å². The molecule has 3 saturated heterocycles. The number of hydrogen-bond donors (Lipinski definition) is 10. The maximum absolute atomic E-state index is 14.0. The van der Waals surface area contributed by atoms with E-state index < -0.39 is 117 Å². The number of Topliss-reactive ketones (excluding diaryl/α,β-unsaturated/α-hetero) is 2. The summed E-state index contributed by atoms with van der Waals surface area (Å²) in [5.41, 5.74) is 0.735. The van der Waals surface area contributed by atoms with Crippen LogP contribution in [0.25, 0.3) is 0 Å². The quantitative estimate of drug-likeness (QED) is 0.0957. The molecule has 18 heteroatoms. The Balaban J connectivity index is 0.964. The van der Waals surface area contributed by atoms with Crippen molar-refractivity contribution in [1.29, 1.82) is 0 Å². The van der Waals surface area contributed by atoms with Gasteiger partial charge >= 0.3 is 0 Å². The third-order valence-electron chi connectivity index (χ3n) is 16.5. The molecule has 6 fully saturated rings. The fraction of sp³-hybridized carbons (Fsp3) is 0.911. The van der Waals surface area contributed by atoms with Crippen LogP contribution < -0.4 is 0 Å². The lowest BCUT2D eigenvalue weighted by atomic mass is 9.47. The van der Waals surface area contributed by atoms with Crippen LogP contribution in [0.2, 0.25) is 0 Å². The molecule has 7 unspecified atom stereocenters. The summed E-state index contributed by atoms with van der Waals surface area (Å²) in [6.45, 7) is 8.71. The molecule has 0 bridgehead atoms. The van der Waals surface area contributed by atoms with Crippen LogP contribution in [-0.2, 0) is 38.0 Å². The molecule has 360 valence electrons. The van der Waals surface area contributed by atoms with E-state index in [1.54, 1.807) is 0 Å². The highest BCUT2D eigenvalue weighted by Crippen LogP contribution is 2.66. The Morgan fingerprint density at radius 2 is 1.40 bits per heavy atom. The maximum Gasteiger partial charge on any atom is 0.187 e. The van der Waals surface area contributed by atoms with E-state index in [2.05, 4.69) is 19.9 Å². The van der Waals surface area contributed by atoms with Gasteiger partial charge < -0.3 is 79.5 Å². The van der Waals surface area contributed by atoms with Gasteiger partial charge in [0.15, 0.2) is 18.9 Å². The lowest BCUT2D eigenvalue weighted by Gasteiger charge is -2.58. The number of carbonyl (C=O) groups is 2. The average molecular weight is 901 g/mol. The molecule has 0 aromatic rings. The molecule has 63 heavy (non-hydrogen) atoms. The topological polar surface area (TPSA) is 292 Å². The van der Waals surface area contributed by atoms with E-state index in [-0.39, 0.29) is 59.3 Å². The fourth-order valence-corrected chi connectivity index (χ4v) is 12.6. The summed E-state index contributed by atoms with van der Waals surface area (Å²) in [6.07, 6.45) is -13.4. The Bertz CT molecular complexity index is 1630. The highest BCUT2D eigenvalue weighted by molar-refractivity contribution is 5.92. The first-order valence-electron chi connectivity index (χ1n) is 23.1. The van der Waals surface area contributed by atoms with Crippen molar-refractivity contribution in [2.75, 3.05) is 19.8 Å². The van der Waals surface area contributed by atoms with Gasteiger partial charge in [0.1, 0.15) is 78.7 Å². The summed E-state index contributed by atoms with van der Waals surface area (Å²) in [4.78, 5) is 27.8. The molecule has 3 heterocycles. The molecular formula is C45H72O18. The number of aliphatic hydroxyl groups is 10. The average Bonchev–Trinajstić information content (AvgIpc) is 3.54. The number of rotatable bonds is 14. The second-order valence-electron chi connectivity index (χ2n) is 20.4. The van der Waals surface area contributed by atoms with E-state index >= 15 is 0 Å². The Hall–Kier alpha value is -1.56. The summed E-state index contributed by atoms with van der Waals surface area (Å²) in [5.74, 6) is -0.137. The van der Waals surface area contributed by atoms with Crippen LogP contribution in [0.4, 0.5) is 0 Å². The van der Waals surface area contributed by atoms with Crippen LogP contribution in [0.15, 0.2) is 11.6 Å². The lowest BCUT2D eigenvalue weighted by Crippen LogP contribution is -2.64. The molecule has 7 rings (SSSR count). The maximum atomic E-state index is 14.0. The summed E-state index contributed by atoms with van der Waals surface area (Å²) in [5, 5.41) is 103. The van der Waals surface area contributed by atoms with Gasteiger partial charge in [-0.05, 0) is 86.4 Å². The van der Waals surface area contributed by atoms with Crippen molar-refractivity contribution in [3.63, 3.8) is 0 Å². The van der Waals surface area contributed by atoms with Crippen LogP contribution in [0.1, 0.15) is 92.4 Å².